The fourth-order valence-corrected chi connectivity index (χ4v) is 4.79. The molecule has 1 aromatic rings. The van der Waals surface area contributed by atoms with E-state index in [9.17, 15) is 4.79 Å². The highest BCUT2D eigenvalue weighted by atomic mass is 32.1. The monoisotopic (exact) mass is 306 g/mol. The lowest BCUT2D eigenvalue weighted by molar-refractivity contribution is -0.126. The first-order valence-corrected chi connectivity index (χ1v) is 9.21. The van der Waals surface area contributed by atoms with Gasteiger partial charge in [0.2, 0.25) is 5.91 Å². The molecule has 1 aliphatic heterocycles. The SMILES string of the molecule is O=C(NCC1(c2cccs2)CCCCC1)C1CCNCC1. The molecule has 1 saturated carbocycles. The van der Waals surface area contributed by atoms with Crippen LogP contribution in [0.1, 0.15) is 49.8 Å². The summed E-state index contributed by atoms with van der Waals surface area (Å²) in [5.74, 6) is 0.494. The molecule has 2 N–H and O–H groups in total. The molecule has 0 radical (unpaired) electrons. The van der Waals surface area contributed by atoms with Gasteiger partial charge in [-0.05, 0) is 50.2 Å². The second-order valence-electron chi connectivity index (χ2n) is 6.56. The number of nitrogens with one attached hydrogen (secondary N) is 2. The lowest BCUT2D eigenvalue weighted by atomic mass is 9.73. The highest BCUT2D eigenvalue weighted by Gasteiger charge is 2.35. The van der Waals surface area contributed by atoms with Crippen molar-refractivity contribution in [1.29, 1.82) is 0 Å². The molecule has 116 valence electrons. The first kappa shape index (κ1) is 15.0. The van der Waals surface area contributed by atoms with Crippen molar-refractivity contribution in [3.63, 3.8) is 0 Å². The molecule has 1 aromatic heterocycles. The zero-order valence-corrected chi connectivity index (χ0v) is 13.5. The van der Waals surface area contributed by atoms with E-state index in [2.05, 4.69) is 28.1 Å². The van der Waals surface area contributed by atoms with E-state index in [-0.39, 0.29) is 17.2 Å². The maximum absolute atomic E-state index is 12.4. The lowest BCUT2D eigenvalue weighted by Gasteiger charge is -2.37. The van der Waals surface area contributed by atoms with Crippen LogP contribution in [0, 0.1) is 5.92 Å². The summed E-state index contributed by atoms with van der Waals surface area (Å²) in [7, 11) is 0. The molecule has 1 aliphatic carbocycles. The average Bonchev–Trinajstić information content (AvgIpc) is 3.09. The van der Waals surface area contributed by atoms with Crippen molar-refractivity contribution in [2.75, 3.05) is 19.6 Å². The molecule has 1 saturated heterocycles. The van der Waals surface area contributed by atoms with E-state index in [1.165, 1.54) is 37.0 Å². The molecule has 4 heteroatoms. The largest absolute Gasteiger partial charge is 0.355 e. The van der Waals surface area contributed by atoms with Crippen molar-refractivity contribution in [2.24, 2.45) is 5.92 Å². The van der Waals surface area contributed by atoms with Gasteiger partial charge >= 0.3 is 0 Å². The van der Waals surface area contributed by atoms with Crippen LogP contribution in [0.25, 0.3) is 0 Å². The van der Waals surface area contributed by atoms with Crippen LogP contribution in [0.2, 0.25) is 0 Å². The molecule has 2 heterocycles. The Bertz CT molecular complexity index is 445. The van der Waals surface area contributed by atoms with Crippen molar-refractivity contribution in [3.05, 3.63) is 22.4 Å². The molecule has 0 bridgehead atoms. The second kappa shape index (κ2) is 6.93. The van der Waals surface area contributed by atoms with Gasteiger partial charge in [0.25, 0.3) is 0 Å². The topological polar surface area (TPSA) is 41.1 Å². The Morgan fingerprint density at radius 1 is 1.29 bits per heavy atom. The van der Waals surface area contributed by atoms with Gasteiger partial charge in [-0.15, -0.1) is 11.3 Å². The molecular formula is C17H26N2OS. The fourth-order valence-electron chi connectivity index (χ4n) is 3.80. The summed E-state index contributed by atoms with van der Waals surface area (Å²) < 4.78 is 0. The maximum atomic E-state index is 12.4. The zero-order chi connectivity index (χ0) is 14.5. The number of amides is 1. The third-order valence-electron chi connectivity index (χ3n) is 5.17. The third-order valence-corrected chi connectivity index (χ3v) is 6.28. The van der Waals surface area contributed by atoms with Crippen LogP contribution in [0.5, 0.6) is 0 Å². The summed E-state index contributed by atoms with van der Waals surface area (Å²) in [4.78, 5) is 13.9. The van der Waals surface area contributed by atoms with Crippen LogP contribution in [-0.4, -0.2) is 25.5 Å². The van der Waals surface area contributed by atoms with Crippen LogP contribution >= 0.6 is 11.3 Å². The van der Waals surface area contributed by atoms with E-state index < -0.39 is 0 Å². The fraction of sp³-hybridized carbons (Fsp3) is 0.706. The Labute approximate surface area is 131 Å². The van der Waals surface area contributed by atoms with E-state index in [0.717, 1.165) is 32.5 Å². The average molecular weight is 306 g/mol. The lowest BCUT2D eigenvalue weighted by Crippen LogP contribution is -2.45. The van der Waals surface area contributed by atoms with E-state index in [1.807, 2.05) is 11.3 Å². The number of hydrogen-bond acceptors (Lipinski definition) is 3. The van der Waals surface area contributed by atoms with Crippen molar-refractivity contribution >= 4 is 17.2 Å². The Morgan fingerprint density at radius 3 is 2.71 bits per heavy atom. The molecule has 0 unspecified atom stereocenters. The van der Waals surface area contributed by atoms with Crippen LogP contribution in [0.15, 0.2) is 17.5 Å². The van der Waals surface area contributed by atoms with Crippen LogP contribution < -0.4 is 10.6 Å². The highest BCUT2D eigenvalue weighted by Crippen LogP contribution is 2.41. The van der Waals surface area contributed by atoms with Crippen molar-refractivity contribution < 1.29 is 4.79 Å². The van der Waals surface area contributed by atoms with Crippen molar-refractivity contribution in [3.8, 4) is 0 Å². The van der Waals surface area contributed by atoms with Gasteiger partial charge in [0.15, 0.2) is 0 Å². The number of hydrogen-bond donors (Lipinski definition) is 2. The Morgan fingerprint density at radius 2 is 2.05 bits per heavy atom. The van der Waals surface area contributed by atoms with Gasteiger partial charge < -0.3 is 10.6 Å². The van der Waals surface area contributed by atoms with Gasteiger partial charge in [-0.25, -0.2) is 0 Å². The molecule has 0 aromatic carbocycles. The Hall–Kier alpha value is -0.870. The quantitative estimate of drug-likeness (QED) is 0.897. The van der Waals surface area contributed by atoms with Gasteiger partial charge in [0, 0.05) is 22.8 Å². The molecule has 0 atom stereocenters. The van der Waals surface area contributed by atoms with Crippen molar-refractivity contribution in [1.82, 2.24) is 10.6 Å². The summed E-state index contributed by atoms with van der Waals surface area (Å²) >= 11 is 1.85. The van der Waals surface area contributed by atoms with Crippen LogP contribution in [-0.2, 0) is 10.2 Å². The molecule has 2 aliphatic rings. The van der Waals surface area contributed by atoms with Crippen LogP contribution in [0.3, 0.4) is 0 Å². The van der Waals surface area contributed by atoms with Gasteiger partial charge in [0.05, 0.1) is 0 Å². The summed E-state index contributed by atoms with van der Waals surface area (Å²) in [5.41, 5.74) is 0.203. The van der Waals surface area contributed by atoms with Gasteiger partial charge in [-0.3, -0.25) is 4.79 Å². The standard InChI is InChI=1S/C17H26N2OS/c20-16(14-6-10-18-11-7-14)19-13-17(8-2-1-3-9-17)15-5-4-12-21-15/h4-5,12,14,18H,1-3,6-11,13H2,(H,19,20). The summed E-state index contributed by atoms with van der Waals surface area (Å²) in [6.07, 6.45) is 8.34. The summed E-state index contributed by atoms with van der Waals surface area (Å²) in [6.45, 7) is 2.79. The van der Waals surface area contributed by atoms with Crippen LogP contribution in [0.4, 0.5) is 0 Å². The van der Waals surface area contributed by atoms with E-state index in [0.29, 0.717) is 0 Å². The normalized spacial score (nSPS) is 22.9. The molecule has 2 fully saturated rings. The minimum absolute atomic E-state index is 0.203. The maximum Gasteiger partial charge on any atom is 0.223 e. The number of piperidine rings is 1. The predicted molar refractivity (Wildman–Crippen MR) is 87.7 cm³/mol. The predicted octanol–water partition coefficient (Wildman–Crippen LogP) is 3.07. The smallest absolute Gasteiger partial charge is 0.223 e. The minimum Gasteiger partial charge on any atom is -0.355 e. The highest BCUT2D eigenvalue weighted by molar-refractivity contribution is 7.10. The molecule has 1 amide bonds. The molecular weight excluding hydrogens is 280 g/mol. The number of carbonyl (C=O) groups excluding carboxylic acids is 1. The second-order valence-corrected chi connectivity index (χ2v) is 7.51. The Kier molecular flexibility index (Phi) is 4.96. The van der Waals surface area contributed by atoms with E-state index >= 15 is 0 Å². The third kappa shape index (κ3) is 3.49. The summed E-state index contributed by atoms with van der Waals surface area (Å²) in [6, 6.07) is 4.40. The van der Waals surface area contributed by atoms with Gasteiger partial charge in [-0.1, -0.05) is 25.3 Å². The first-order valence-electron chi connectivity index (χ1n) is 8.33. The first-order chi connectivity index (χ1) is 10.3. The molecule has 21 heavy (non-hydrogen) atoms. The molecule has 3 nitrogen and oxygen atoms in total. The zero-order valence-electron chi connectivity index (χ0n) is 12.7. The van der Waals surface area contributed by atoms with E-state index in [1.54, 1.807) is 0 Å². The van der Waals surface area contributed by atoms with Gasteiger partial charge in [-0.2, -0.15) is 0 Å². The van der Waals surface area contributed by atoms with E-state index in [4.69, 9.17) is 0 Å². The Balaban J connectivity index is 1.63. The number of thiophene rings is 1. The van der Waals surface area contributed by atoms with Crippen molar-refractivity contribution in [2.45, 2.75) is 50.4 Å². The van der Waals surface area contributed by atoms with Gasteiger partial charge in [0.1, 0.15) is 0 Å². The minimum atomic E-state index is 0.203. The molecule has 0 spiro atoms. The number of carbonyl (C=O) groups is 1. The number of rotatable bonds is 4. The summed E-state index contributed by atoms with van der Waals surface area (Å²) in [5, 5.41) is 8.78. The molecule has 3 rings (SSSR count).